The molecule has 0 saturated heterocycles. The summed E-state index contributed by atoms with van der Waals surface area (Å²) in [5.41, 5.74) is 7.43. The van der Waals surface area contributed by atoms with Crippen molar-refractivity contribution in [3.63, 3.8) is 0 Å². The Morgan fingerprint density at radius 2 is 2.19 bits per heavy atom. The Morgan fingerprint density at radius 1 is 1.33 bits per heavy atom. The second kappa shape index (κ2) is 8.07. The number of benzene rings is 1. The molecule has 1 saturated carbocycles. The number of rotatable bonds is 4. The molecule has 0 radical (unpaired) electrons. The summed E-state index contributed by atoms with van der Waals surface area (Å²) in [5, 5.41) is 0. The van der Waals surface area contributed by atoms with Crippen molar-refractivity contribution in [2.24, 2.45) is 11.7 Å². The van der Waals surface area contributed by atoms with Crippen LogP contribution in [0.25, 0.3) is 0 Å². The van der Waals surface area contributed by atoms with Crippen molar-refractivity contribution in [1.82, 2.24) is 0 Å². The molecule has 2 rings (SSSR count). The van der Waals surface area contributed by atoms with Gasteiger partial charge in [0.15, 0.2) is 0 Å². The SMILES string of the molecule is COc1ccc(C#CCN)cc1COC1CCCC(C)C1. The summed E-state index contributed by atoms with van der Waals surface area (Å²) in [7, 11) is 1.69. The fourth-order valence-electron chi connectivity index (χ4n) is 2.86. The average Bonchev–Trinajstić information content (AvgIpc) is 2.51. The maximum atomic E-state index is 6.09. The minimum atomic E-state index is 0.372. The lowest BCUT2D eigenvalue weighted by Crippen LogP contribution is -2.21. The predicted molar refractivity (Wildman–Crippen MR) is 85.1 cm³/mol. The van der Waals surface area contributed by atoms with Crippen LogP contribution in [0.2, 0.25) is 0 Å². The summed E-state index contributed by atoms with van der Waals surface area (Å²) < 4.78 is 11.5. The Balaban J connectivity index is 2.03. The van der Waals surface area contributed by atoms with E-state index in [0.717, 1.165) is 29.2 Å². The third kappa shape index (κ3) is 4.77. The van der Waals surface area contributed by atoms with Gasteiger partial charge in [0.2, 0.25) is 0 Å². The van der Waals surface area contributed by atoms with Gasteiger partial charge < -0.3 is 15.2 Å². The summed E-state index contributed by atoms with van der Waals surface area (Å²) >= 11 is 0. The Morgan fingerprint density at radius 3 is 2.90 bits per heavy atom. The van der Waals surface area contributed by atoms with Crippen molar-refractivity contribution in [3.05, 3.63) is 29.3 Å². The van der Waals surface area contributed by atoms with Gasteiger partial charge in [-0.2, -0.15) is 0 Å². The van der Waals surface area contributed by atoms with E-state index >= 15 is 0 Å². The van der Waals surface area contributed by atoms with E-state index in [1.165, 1.54) is 19.3 Å². The molecule has 0 spiro atoms. The molecule has 3 heteroatoms. The van der Waals surface area contributed by atoms with E-state index in [4.69, 9.17) is 15.2 Å². The van der Waals surface area contributed by atoms with Gasteiger partial charge in [-0.3, -0.25) is 0 Å². The van der Waals surface area contributed by atoms with Crippen LogP contribution in [0, 0.1) is 17.8 Å². The zero-order valence-electron chi connectivity index (χ0n) is 13.0. The lowest BCUT2D eigenvalue weighted by Gasteiger charge is -2.27. The van der Waals surface area contributed by atoms with Gasteiger partial charge in [-0.15, -0.1) is 0 Å². The Hall–Kier alpha value is -1.50. The van der Waals surface area contributed by atoms with Crippen LogP contribution < -0.4 is 10.5 Å². The van der Waals surface area contributed by atoms with Gasteiger partial charge >= 0.3 is 0 Å². The standard InChI is InChI=1S/C18H25NO2/c1-14-5-3-7-17(11-14)21-13-16-12-15(6-4-10-19)8-9-18(16)20-2/h8-9,12,14,17H,3,5,7,10-11,13,19H2,1-2H3. The van der Waals surface area contributed by atoms with Gasteiger partial charge in [0.05, 0.1) is 26.4 Å². The van der Waals surface area contributed by atoms with Crippen LogP contribution in [0.4, 0.5) is 0 Å². The number of hydrogen-bond donors (Lipinski definition) is 1. The van der Waals surface area contributed by atoms with Crippen molar-refractivity contribution in [2.45, 2.75) is 45.3 Å². The van der Waals surface area contributed by atoms with Crippen LogP contribution in [0.3, 0.4) is 0 Å². The first-order valence-electron chi connectivity index (χ1n) is 7.70. The molecule has 0 heterocycles. The van der Waals surface area contributed by atoms with Crippen LogP contribution in [0.15, 0.2) is 18.2 Å². The molecule has 1 aliphatic carbocycles. The lowest BCUT2D eigenvalue weighted by molar-refractivity contribution is 0.00394. The van der Waals surface area contributed by atoms with E-state index in [-0.39, 0.29) is 0 Å². The topological polar surface area (TPSA) is 44.5 Å². The van der Waals surface area contributed by atoms with Gasteiger partial charge in [-0.1, -0.05) is 31.6 Å². The molecule has 0 aromatic heterocycles. The Kier molecular flexibility index (Phi) is 6.10. The van der Waals surface area contributed by atoms with Crippen molar-refractivity contribution in [1.29, 1.82) is 0 Å². The number of ether oxygens (including phenoxy) is 2. The summed E-state index contributed by atoms with van der Waals surface area (Å²) in [5.74, 6) is 7.56. The fourth-order valence-corrected chi connectivity index (χ4v) is 2.86. The molecule has 2 atom stereocenters. The first kappa shape index (κ1) is 15.9. The number of nitrogens with two attached hydrogens (primary N) is 1. The van der Waals surface area contributed by atoms with E-state index in [0.29, 0.717) is 19.3 Å². The van der Waals surface area contributed by atoms with Crippen molar-refractivity contribution in [3.8, 4) is 17.6 Å². The highest BCUT2D eigenvalue weighted by Crippen LogP contribution is 2.28. The van der Waals surface area contributed by atoms with Crippen LogP contribution in [0.5, 0.6) is 5.75 Å². The summed E-state index contributed by atoms with van der Waals surface area (Å²) in [6.07, 6.45) is 5.30. The van der Waals surface area contributed by atoms with Gasteiger partial charge in [-0.25, -0.2) is 0 Å². The van der Waals surface area contributed by atoms with Gasteiger partial charge in [0.1, 0.15) is 5.75 Å². The zero-order chi connectivity index (χ0) is 15.1. The summed E-state index contributed by atoms with van der Waals surface area (Å²) in [6.45, 7) is 3.26. The van der Waals surface area contributed by atoms with Crippen molar-refractivity contribution in [2.75, 3.05) is 13.7 Å². The van der Waals surface area contributed by atoms with Crippen LogP contribution >= 0.6 is 0 Å². The van der Waals surface area contributed by atoms with Gasteiger partial charge in [0, 0.05) is 11.1 Å². The molecule has 0 amide bonds. The largest absolute Gasteiger partial charge is 0.496 e. The van der Waals surface area contributed by atoms with E-state index in [1.54, 1.807) is 7.11 Å². The van der Waals surface area contributed by atoms with Gasteiger partial charge in [-0.05, 0) is 37.0 Å². The van der Waals surface area contributed by atoms with E-state index < -0.39 is 0 Å². The second-order valence-corrected chi connectivity index (χ2v) is 5.74. The van der Waals surface area contributed by atoms with Crippen LogP contribution in [0.1, 0.15) is 43.7 Å². The number of hydrogen-bond acceptors (Lipinski definition) is 3. The maximum absolute atomic E-state index is 6.09. The third-order valence-corrected chi connectivity index (χ3v) is 3.98. The van der Waals surface area contributed by atoms with Crippen LogP contribution in [-0.2, 0) is 11.3 Å². The first-order chi connectivity index (χ1) is 10.2. The molecule has 114 valence electrons. The van der Waals surface area contributed by atoms with Crippen LogP contribution in [-0.4, -0.2) is 19.8 Å². The third-order valence-electron chi connectivity index (χ3n) is 3.98. The minimum Gasteiger partial charge on any atom is -0.496 e. The molecule has 1 aliphatic rings. The smallest absolute Gasteiger partial charge is 0.124 e. The highest BCUT2D eigenvalue weighted by atomic mass is 16.5. The summed E-state index contributed by atoms with van der Waals surface area (Å²) in [6, 6.07) is 5.93. The van der Waals surface area contributed by atoms with E-state index in [1.807, 2.05) is 18.2 Å². The average molecular weight is 287 g/mol. The zero-order valence-corrected chi connectivity index (χ0v) is 13.0. The maximum Gasteiger partial charge on any atom is 0.124 e. The molecule has 2 N–H and O–H groups in total. The van der Waals surface area contributed by atoms with E-state index in [9.17, 15) is 0 Å². The first-order valence-corrected chi connectivity index (χ1v) is 7.70. The summed E-state index contributed by atoms with van der Waals surface area (Å²) in [4.78, 5) is 0. The predicted octanol–water partition coefficient (Wildman–Crippen LogP) is 3.10. The Labute approximate surface area is 127 Å². The normalized spacial score (nSPS) is 21.5. The van der Waals surface area contributed by atoms with Crippen molar-refractivity contribution >= 4 is 0 Å². The molecular weight excluding hydrogens is 262 g/mol. The van der Waals surface area contributed by atoms with Gasteiger partial charge in [0.25, 0.3) is 0 Å². The highest BCUT2D eigenvalue weighted by molar-refractivity contribution is 5.44. The fraction of sp³-hybridized carbons (Fsp3) is 0.556. The molecule has 0 bridgehead atoms. The molecule has 21 heavy (non-hydrogen) atoms. The Bertz CT molecular complexity index is 516. The monoisotopic (exact) mass is 287 g/mol. The quantitative estimate of drug-likeness (QED) is 0.865. The molecule has 1 fully saturated rings. The molecule has 2 unspecified atom stereocenters. The number of methoxy groups -OCH3 is 1. The molecule has 1 aromatic rings. The molecular formula is C18H25NO2. The minimum absolute atomic E-state index is 0.372. The molecule has 1 aromatic carbocycles. The molecule has 0 aliphatic heterocycles. The lowest BCUT2D eigenvalue weighted by atomic mass is 9.89. The highest BCUT2D eigenvalue weighted by Gasteiger charge is 2.19. The van der Waals surface area contributed by atoms with Crippen molar-refractivity contribution < 1.29 is 9.47 Å². The second-order valence-electron chi connectivity index (χ2n) is 5.74. The van der Waals surface area contributed by atoms with E-state index in [2.05, 4.69) is 18.8 Å². The molecule has 3 nitrogen and oxygen atoms in total.